The Hall–Kier alpha value is -5.76. The molecule has 0 aliphatic rings. The van der Waals surface area contributed by atoms with E-state index in [-0.39, 0.29) is 11.1 Å². The lowest BCUT2D eigenvalue weighted by Gasteiger charge is -2.13. The predicted octanol–water partition coefficient (Wildman–Crippen LogP) is 8.45. The van der Waals surface area contributed by atoms with Crippen LogP contribution in [0.15, 0.2) is 109 Å². The van der Waals surface area contributed by atoms with Gasteiger partial charge in [0.25, 0.3) is 0 Å². The maximum atomic E-state index is 14.0. The maximum absolute atomic E-state index is 14.0. The van der Waals surface area contributed by atoms with Crippen molar-refractivity contribution in [2.75, 3.05) is 28.4 Å². The number of ether oxygens (including phenoxy) is 4. The largest absolute Gasteiger partial charge is 0.497 e. The highest BCUT2D eigenvalue weighted by Crippen LogP contribution is 2.34. The molecule has 6 aromatic rings. The van der Waals surface area contributed by atoms with E-state index in [2.05, 4.69) is 0 Å². The van der Waals surface area contributed by atoms with E-state index in [4.69, 9.17) is 18.9 Å². The number of halogens is 2. The number of rotatable bonds is 8. The minimum atomic E-state index is -0.556. The van der Waals surface area contributed by atoms with Crippen molar-refractivity contribution in [2.24, 2.45) is 0 Å². The molecule has 0 bridgehead atoms. The Morgan fingerprint density at radius 1 is 0.478 bits per heavy atom. The Morgan fingerprint density at radius 3 is 1.20 bits per heavy atom. The molecule has 0 aliphatic carbocycles. The molecule has 0 saturated carbocycles. The van der Waals surface area contributed by atoms with Gasteiger partial charge in [0.1, 0.15) is 34.6 Å². The maximum Gasteiger partial charge on any atom is 0.200 e. The average molecular weight is 621 g/mol. The van der Waals surface area contributed by atoms with Crippen LogP contribution in [0.3, 0.4) is 0 Å². The van der Waals surface area contributed by atoms with Gasteiger partial charge >= 0.3 is 0 Å². The Balaban J connectivity index is 0.000000181. The number of ketones is 2. The summed E-state index contributed by atoms with van der Waals surface area (Å²) in [7, 11) is 6.08. The molecule has 0 aliphatic heterocycles. The average Bonchev–Trinajstić information content (AvgIpc) is 3.10. The topological polar surface area (TPSA) is 71.1 Å². The standard InChI is InChI=1S/2C19H15FO3/c2*1-22-13-9-7-12-8-10-17(23-2)18(15(12)11-13)19(21)14-5-3-4-6-16(14)20/h2*3-11H,1-2H3. The van der Waals surface area contributed by atoms with E-state index in [1.807, 2.05) is 36.4 Å². The molecular weight excluding hydrogens is 590 g/mol. The molecule has 232 valence electrons. The zero-order valence-electron chi connectivity index (χ0n) is 25.6. The fraction of sp³-hybridized carbons (Fsp3) is 0.105. The summed E-state index contributed by atoms with van der Waals surface area (Å²) in [5.41, 5.74) is 0.685. The first-order chi connectivity index (χ1) is 22.3. The van der Waals surface area contributed by atoms with Gasteiger partial charge < -0.3 is 18.9 Å². The van der Waals surface area contributed by atoms with Gasteiger partial charge in [-0.2, -0.15) is 0 Å². The molecule has 8 heteroatoms. The number of fused-ring (bicyclic) bond motifs is 2. The molecule has 0 aromatic heterocycles. The zero-order chi connectivity index (χ0) is 32.8. The number of hydrogen-bond acceptors (Lipinski definition) is 6. The molecule has 0 fully saturated rings. The second-order valence-corrected chi connectivity index (χ2v) is 10.1. The molecule has 6 nitrogen and oxygen atoms in total. The van der Waals surface area contributed by atoms with Crippen molar-refractivity contribution < 1.29 is 37.3 Å². The van der Waals surface area contributed by atoms with Crippen LogP contribution in [0, 0.1) is 11.6 Å². The minimum Gasteiger partial charge on any atom is -0.497 e. The van der Waals surface area contributed by atoms with Crippen LogP contribution in [0.2, 0.25) is 0 Å². The van der Waals surface area contributed by atoms with Gasteiger partial charge in [0, 0.05) is 10.8 Å². The minimum absolute atomic E-state index is 0.0149. The molecule has 0 amide bonds. The van der Waals surface area contributed by atoms with Gasteiger partial charge in [-0.1, -0.05) is 48.5 Å². The van der Waals surface area contributed by atoms with E-state index in [0.29, 0.717) is 44.9 Å². The second kappa shape index (κ2) is 13.9. The van der Waals surface area contributed by atoms with Crippen molar-refractivity contribution >= 4 is 33.1 Å². The highest BCUT2D eigenvalue weighted by molar-refractivity contribution is 6.19. The van der Waals surface area contributed by atoms with Crippen molar-refractivity contribution in [1.29, 1.82) is 0 Å². The number of carbonyl (C=O) groups is 2. The number of carbonyl (C=O) groups excluding carboxylic acids is 2. The van der Waals surface area contributed by atoms with Crippen LogP contribution in [0.25, 0.3) is 21.5 Å². The normalized spacial score (nSPS) is 10.6. The van der Waals surface area contributed by atoms with Gasteiger partial charge in [0.05, 0.1) is 50.7 Å². The molecule has 0 atom stereocenters. The van der Waals surface area contributed by atoms with Crippen molar-refractivity contribution in [3.05, 3.63) is 143 Å². The molecule has 0 heterocycles. The van der Waals surface area contributed by atoms with Crippen molar-refractivity contribution in [3.63, 3.8) is 0 Å². The van der Waals surface area contributed by atoms with Gasteiger partial charge in [-0.05, 0) is 71.4 Å². The monoisotopic (exact) mass is 620 g/mol. The van der Waals surface area contributed by atoms with Crippen LogP contribution in [-0.2, 0) is 0 Å². The number of benzene rings is 6. The molecule has 0 unspecified atom stereocenters. The second-order valence-electron chi connectivity index (χ2n) is 10.1. The summed E-state index contributed by atoms with van der Waals surface area (Å²) in [6.45, 7) is 0. The third-order valence-corrected chi connectivity index (χ3v) is 7.51. The molecule has 6 rings (SSSR count). The molecule has 6 aromatic carbocycles. The van der Waals surface area contributed by atoms with E-state index in [1.165, 1.54) is 38.5 Å². The van der Waals surface area contributed by atoms with Gasteiger partial charge in [-0.25, -0.2) is 8.78 Å². The molecule has 0 N–H and O–H groups in total. The van der Waals surface area contributed by atoms with E-state index in [1.54, 1.807) is 62.8 Å². The van der Waals surface area contributed by atoms with Gasteiger partial charge in [-0.15, -0.1) is 0 Å². The van der Waals surface area contributed by atoms with Crippen LogP contribution in [0.5, 0.6) is 23.0 Å². The number of methoxy groups -OCH3 is 4. The molecule has 46 heavy (non-hydrogen) atoms. The summed E-state index contributed by atoms with van der Waals surface area (Å²) < 4.78 is 49.2. The molecule has 0 radical (unpaired) electrons. The van der Waals surface area contributed by atoms with Crippen molar-refractivity contribution in [1.82, 2.24) is 0 Å². The van der Waals surface area contributed by atoms with E-state index in [9.17, 15) is 18.4 Å². The Labute approximate surface area is 264 Å². The van der Waals surface area contributed by atoms with Gasteiger partial charge in [0.15, 0.2) is 11.6 Å². The Morgan fingerprint density at radius 2 is 0.848 bits per heavy atom. The molecular formula is C38H30F2O6. The van der Waals surface area contributed by atoms with E-state index >= 15 is 0 Å². The summed E-state index contributed by atoms with van der Waals surface area (Å²) in [5, 5.41) is 3.03. The molecule has 0 saturated heterocycles. The van der Waals surface area contributed by atoms with Gasteiger partial charge in [-0.3, -0.25) is 9.59 Å². The van der Waals surface area contributed by atoms with Gasteiger partial charge in [0.2, 0.25) is 0 Å². The summed E-state index contributed by atoms with van der Waals surface area (Å²) >= 11 is 0. The predicted molar refractivity (Wildman–Crippen MR) is 174 cm³/mol. The Bertz CT molecular complexity index is 1910. The van der Waals surface area contributed by atoms with Crippen LogP contribution in [0.1, 0.15) is 31.8 Å². The fourth-order valence-corrected chi connectivity index (χ4v) is 5.18. The van der Waals surface area contributed by atoms with E-state index in [0.717, 1.165) is 10.8 Å². The van der Waals surface area contributed by atoms with Crippen LogP contribution in [0.4, 0.5) is 8.78 Å². The fourth-order valence-electron chi connectivity index (χ4n) is 5.18. The highest BCUT2D eigenvalue weighted by atomic mass is 19.1. The summed E-state index contributed by atoms with van der Waals surface area (Å²) in [6.07, 6.45) is 0. The lowest BCUT2D eigenvalue weighted by Crippen LogP contribution is -2.07. The number of hydrogen-bond donors (Lipinski definition) is 0. The lowest BCUT2D eigenvalue weighted by molar-refractivity contribution is 0.102. The van der Waals surface area contributed by atoms with Crippen LogP contribution in [-0.4, -0.2) is 40.0 Å². The first-order valence-corrected chi connectivity index (χ1v) is 14.2. The SMILES string of the molecule is COc1ccc2ccc(OC)c(C(=O)c3ccccc3F)c2c1.COc1ccc2ccc(OC)c(C(=O)c3ccccc3F)c2c1. The highest BCUT2D eigenvalue weighted by Gasteiger charge is 2.22. The summed E-state index contributed by atoms with van der Waals surface area (Å²) in [5.74, 6) is 0.0937. The third kappa shape index (κ3) is 6.23. The smallest absolute Gasteiger partial charge is 0.200 e. The van der Waals surface area contributed by atoms with Crippen LogP contribution < -0.4 is 18.9 Å². The first-order valence-electron chi connectivity index (χ1n) is 14.2. The van der Waals surface area contributed by atoms with Crippen LogP contribution >= 0.6 is 0 Å². The molecule has 0 spiro atoms. The van der Waals surface area contributed by atoms with E-state index < -0.39 is 23.2 Å². The Kier molecular flexibility index (Phi) is 9.57. The van der Waals surface area contributed by atoms with Crippen molar-refractivity contribution in [3.8, 4) is 23.0 Å². The summed E-state index contributed by atoms with van der Waals surface area (Å²) in [4.78, 5) is 25.8. The van der Waals surface area contributed by atoms with Crippen molar-refractivity contribution in [2.45, 2.75) is 0 Å². The third-order valence-electron chi connectivity index (χ3n) is 7.51. The lowest BCUT2D eigenvalue weighted by atomic mass is 9.95. The quantitative estimate of drug-likeness (QED) is 0.159. The summed E-state index contributed by atoms with van der Waals surface area (Å²) in [6, 6.07) is 29.8. The first kappa shape index (κ1) is 31.7. The zero-order valence-corrected chi connectivity index (χ0v) is 25.6.